The van der Waals surface area contributed by atoms with Gasteiger partial charge in [0.2, 0.25) is 0 Å². The number of nitrogens with one attached hydrogen (secondary N) is 1. The molecule has 8 nitrogen and oxygen atoms in total. The molecule has 0 unspecified atom stereocenters. The molecule has 3 heterocycles. The Bertz CT molecular complexity index is 809. The second-order valence-corrected chi connectivity index (χ2v) is 9.87. The molecule has 0 saturated carbocycles. The number of carbonyl (C=O) groups excluding carboxylic acids is 1. The first-order chi connectivity index (χ1) is 15.7. The fourth-order valence-corrected chi connectivity index (χ4v) is 4.57. The van der Waals surface area contributed by atoms with E-state index >= 15 is 0 Å². The molecule has 33 heavy (non-hydrogen) atoms. The van der Waals surface area contributed by atoms with Crippen LogP contribution in [0.3, 0.4) is 0 Å². The number of hydrogen-bond acceptors (Lipinski definition) is 7. The van der Waals surface area contributed by atoms with Gasteiger partial charge in [0.05, 0.1) is 6.61 Å². The minimum Gasteiger partial charge on any atom is -0.494 e. The molecule has 0 bridgehead atoms. The maximum Gasteiger partial charge on any atom is 0.256 e. The van der Waals surface area contributed by atoms with Crippen LogP contribution in [-0.4, -0.2) is 54.8 Å². The summed E-state index contributed by atoms with van der Waals surface area (Å²) in [5.41, 5.74) is 0.652. The topological polar surface area (TPSA) is 84.5 Å². The molecule has 1 N–H and O–H groups in total. The molecule has 3 saturated heterocycles. The number of ether oxygens (including phenoxy) is 6. The van der Waals surface area contributed by atoms with E-state index in [2.05, 4.69) is 12.2 Å². The Morgan fingerprint density at radius 3 is 2.24 bits per heavy atom. The fourth-order valence-electron chi connectivity index (χ4n) is 4.57. The smallest absolute Gasteiger partial charge is 0.256 e. The molecule has 0 radical (unpaired) electrons. The van der Waals surface area contributed by atoms with E-state index in [0.717, 1.165) is 12.2 Å². The van der Waals surface area contributed by atoms with E-state index in [1.165, 1.54) is 25.7 Å². The lowest BCUT2D eigenvalue weighted by Gasteiger charge is -2.36. The van der Waals surface area contributed by atoms with Crippen LogP contribution in [0.5, 0.6) is 5.75 Å². The van der Waals surface area contributed by atoms with E-state index < -0.39 is 42.3 Å². The molecule has 184 valence electrons. The van der Waals surface area contributed by atoms with Crippen molar-refractivity contribution in [1.82, 2.24) is 0 Å². The van der Waals surface area contributed by atoms with E-state index in [0.29, 0.717) is 12.3 Å². The first-order valence-corrected chi connectivity index (χ1v) is 12.1. The molecule has 1 amide bonds. The summed E-state index contributed by atoms with van der Waals surface area (Å²) in [6.07, 6.45) is 2.85. The number of fused-ring (bicyclic) bond motifs is 3. The van der Waals surface area contributed by atoms with Crippen LogP contribution in [0.1, 0.15) is 66.7 Å². The van der Waals surface area contributed by atoms with Crippen molar-refractivity contribution in [2.75, 3.05) is 11.9 Å². The van der Waals surface area contributed by atoms with Crippen molar-refractivity contribution in [3.8, 4) is 5.75 Å². The Morgan fingerprint density at radius 1 is 0.879 bits per heavy atom. The molecule has 3 aliphatic rings. The van der Waals surface area contributed by atoms with Crippen LogP contribution in [-0.2, 0) is 28.5 Å². The second-order valence-electron chi connectivity index (χ2n) is 9.87. The number of unbranched alkanes of at least 4 members (excludes halogenated alkanes) is 4. The highest BCUT2D eigenvalue weighted by molar-refractivity contribution is 5.94. The zero-order chi connectivity index (χ0) is 23.6. The van der Waals surface area contributed by atoms with Crippen molar-refractivity contribution in [1.29, 1.82) is 0 Å². The lowest BCUT2D eigenvalue weighted by Crippen LogP contribution is -2.58. The highest BCUT2D eigenvalue weighted by Crippen LogP contribution is 2.44. The first kappa shape index (κ1) is 24.4. The molecule has 4 rings (SSSR count). The van der Waals surface area contributed by atoms with Gasteiger partial charge in [-0.25, -0.2) is 0 Å². The third-order valence-corrected chi connectivity index (χ3v) is 6.05. The molecule has 1 aromatic carbocycles. The highest BCUT2D eigenvalue weighted by Gasteiger charge is 2.62. The minimum absolute atomic E-state index is 0.317. The maximum absolute atomic E-state index is 13.2. The molecule has 0 spiro atoms. The quantitative estimate of drug-likeness (QED) is 0.544. The van der Waals surface area contributed by atoms with E-state index in [4.69, 9.17) is 28.4 Å². The Hall–Kier alpha value is -1.71. The summed E-state index contributed by atoms with van der Waals surface area (Å²) in [6, 6.07) is 7.36. The van der Waals surface area contributed by atoms with Gasteiger partial charge in [-0.3, -0.25) is 4.79 Å². The number of hydrogen-bond donors (Lipinski definition) is 1. The van der Waals surface area contributed by atoms with Gasteiger partial charge in [0, 0.05) is 5.69 Å². The summed E-state index contributed by atoms with van der Waals surface area (Å²) in [4.78, 5) is 13.2. The van der Waals surface area contributed by atoms with Crippen molar-refractivity contribution in [3.05, 3.63) is 24.3 Å². The molecular weight excluding hydrogens is 426 g/mol. The predicted molar refractivity (Wildman–Crippen MR) is 122 cm³/mol. The number of rotatable bonds is 9. The average Bonchev–Trinajstić information content (AvgIpc) is 3.24. The number of benzene rings is 1. The summed E-state index contributed by atoms with van der Waals surface area (Å²) in [5.74, 6) is -1.21. The summed E-state index contributed by atoms with van der Waals surface area (Å²) in [5, 5.41) is 2.92. The summed E-state index contributed by atoms with van der Waals surface area (Å²) >= 11 is 0. The molecule has 5 atom stereocenters. The van der Waals surface area contributed by atoms with E-state index in [1.807, 2.05) is 52.0 Å². The van der Waals surface area contributed by atoms with Gasteiger partial charge in [-0.05, 0) is 58.4 Å². The molecular formula is C25H37NO7. The van der Waals surface area contributed by atoms with Gasteiger partial charge in [0.25, 0.3) is 5.91 Å². The zero-order valence-electron chi connectivity index (χ0n) is 20.3. The van der Waals surface area contributed by atoms with Gasteiger partial charge in [-0.2, -0.15) is 0 Å². The first-order valence-electron chi connectivity index (χ1n) is 12.1. The van der Waals surface area contributed by atoms with Crippen LogP contribution in [0.15, 0.2) is 24.3 Å². The predicted octanol–water partition coefficient (Wildman–Crippen LogP) is 4.37. The van der Waals surface area contributed by atoms with Crippen molar-refractivity contribution in [2.24, 2.45) is 0 Å². The van der Waals surface area contributed by atoms with Crippen LogP contribution in [0.25, 0.3) is 0 Å². The van der Waals surface area contributed by atoms with E-state index in [9.17, 15) is 4.79 Å². The fraction of sp³-hybridized carbons (Fsp3) is 0.720. The van der Waals surface area contributed by atoms with Gasteiger partial charge < -0.3 is 33.7 Å². The van der Waals surface area contributed by atoms with Crippen molar-refractivity contribution >= 4 is 11.6 Å². The maximum atomic E-state index is 13.2. The van der Waals surface area contributed by atoms with Gasteiger partial charge in [0.15, 0.2) is 24.0 Å². The Morgan fingerprint density at radius 2 is 1.52 bits per heavy atom. The summed E-state index contributed by atoms with van der Waals surface area (Å²) in [7, 11) is 0. The molecule has 3 aliphatic heterocycles. The average molecular weight is 464 g/mol. The van der Waals surface area contributed by atoms with Gasteiger partial charge in [-0.15, -0.1) is 0 Å². The summed E-state index contributed by atoms with van der Waals surface area (Å²) in [6.45, 7) is 10.2. The van der Waals surface area contributed by atoms with Crippen LogP contribution < -0.4 is 10.1 Å². The van der Waals surface area contributed by atoms with Crippen molar-refractivity contribution in [3.63, 3.8) is 0 Å². The summed E-state index contributed by atoms with van der Waals surface area (Å²) < 4.78 is 35.8. The SMILES string of the molecule is CCCCCCCOc1ccc(NC(=O)[C@@H]2O[C@H]3OC(C)(C)O[C@@H]3[C@H]3OC(C)(C)O[C@H]32)cc1. The Labute approximate surface area is 196 Å². The van der Waals surface area contributed by atoms with Crippen LogP contribution in [0, 0.1) is 0 Å². The van der Waals surface area contributed by atoms with Gasteiger partial charge in [-0.1, -0.05) is 32.6 Å². The Kier molecular flexibility index (Phi) is 7.31. The van der Waals surface area contributed by atoms with E-state index in [1.54, 1.807) is 0 Å². The van der Waals surface area contributed by atoms with Gasteiger partial charge >= 0.3 is 0 Å². The second kappa shape index (κ2) is 9.88. The van der Waals surface area contributed by atoms with Crippen molar-refractivity contribution in [2.45, 2.75) is 109 Å². The van der Waals surface area contributed by atoms with E-state index in [-0.39, 0.29) is 5.91 Å². The Balaban J connectivity index is 1.35. The molecule has 3 fully saturated rings. The van der Waals surface area contributed by atoms with Crippen LogP contribution in [0.4, 0.5) is 5.69 Å². The van der Waals surface area contributed by atoms with Gasteiger partial charge in [0.1, 0.15) is 24.1 Å². The minimum atomic E-state index is -0.894. The molecule has 0 aromatic heterocycles. The number of carbonyl (C=O) groups is 1. The largest absolute Gasteiger partial charge is 0.494 e. The third kappa shape index (κ3) is 5.87. The lowest BCUT2D eigenvalue weighted by molar-refractivity contribution is -0.229. The molecule has 8 heteroatoms. The van der Waals surface area contributed by atoms with Crippen LogP contribution in [0.2, 0.25) is 0 Å². The monoisotopic (exact) mass is 463 g/mol. The highest BCUT2D eigenvalue weighted by atomic mass is 16.9. The standard InChI is InChI=1S/C25H37NO7/c1-6-7-8-9-10-15-28-17-13-11-16(12-14-17)26-22(27)20-18-19(31-24(2,3)30-18)21-23(29-20)33-25(4,5)32-21/h11-14,18-21,23H,6-10,15H2,1-5H3,(H,26,27)/t18-,19+,20-,21-,23+/m1/s1. The molecule has 1 aromatic rings. The third-order valence-electron chi connectivity index (χ3n) is 6.05. The van der Waals surface area contributed by atoms with Crippen molar-refractivity contribution < 1.29 is 33.2 Å². The number of amides is 1. The zero-order valence-corrected chi connectivity index (χ0v) is 20.3. The molecule has 0 aliphatic carbocycles. The lowest BCUT2D eigenvalue weighted by atomic mass is 9.98. The van der Waals surface area contributed by atoms with Crippen LogP contribution >= 0.6 is 0 Å². The normalized spacial score (nSPS) is 31.6. The number of anilines is 1.